The van der Waals surface area contributed by atoms with Gasteiger partial charge in [0, 0.05) is 11.3 Å². The Hall–Kier alpha value is -3.55. The Morgan fingerprint density at radius 3 is 2.54 bits per heavy atom. The van der Waals surface area contributed by atoms with E-state index < -0.39 is 18.1 Å². The van der Waals surface area contributed by atoms with Crippen LogP contribution in [0.2, 0.25) is 0 Å². The third-order valence-electron chi connectivity index (χ3n) is 3.27. The average molecular weight is 357 g/mol. The number of anilines is 1. The molecule has 2 amide bonds. The summed E-state index contributed by atoms with van der Waals surface area (Å²) in [5.41, 5.74) is 3.41. The van der Waals surface area contributed by atoms with Gasteiger partial charge in [-0.2, -0.15) is 5.10 Å². The predicted octanol–water partition coefficient (Wildman–Crippen LogP) is 2.70. The first-order valence-corrected chi connectivity index (χ1v) is 7.73. The zero-order valence-electron chi connectivity index (χ0n) is 14.3. The minimum atomic E-state index is -1.11. The van der Waals surface area contributed by atoms with Crippen molar-refractivity contribution in [1.29, 1.82) is 0 Å². The molecule has 26 heavy (non-hydrogen) atoms. The van der Waals surface area contributed by atoms with E-state index in [9.17, 15) is 9.59 Å². The Labute approximate surface area is 150 Å². The largest absolute Gasteiger partial charge is 0.493 e. The lowest BCUT2D eigenvalue weighted by atomic mass is 10.2. The molecule has 8 heteroatoms. The molecule has 0 fully saturated rings. The first kappa shape index (κ1) is 18.8. The molecule has 8 nitrogen and oxygen atoms in total. The van der Waals surface area contributed by atoms with E-state index in [2.05, 4.69) is 15.8 Å². The van der Waals surface area contributed by atoms with Gasteiger partial charge in [-0.3, -0.25) is 0 Å². The van der Waals surface area contributed by atoms with E-state index in [-0.39, 0.29) is 5.75 Å². The molecule has 0 aliphatic carbocycles. The average Bonchev–Trinajstić information content (AvgIpc) is 2.63. The highest BCUT2D eigenvalue weighted by molar-refractivity contribution is 5.91. The van der Waals surface area contributed by atoms with Crippen LogP contribution in [-0.4, -0.2) is 36.5 Å². The molecule has 0 heterocycles. The standard InChI is InChI=1S/C18H19N3O5/c1-12(17(22)23)26-16-13(7-6-10-15(16)25-2)11-19-21-18(24)20-14-8-4-3-5-9-14/h3-12H,1-2H3,(H,22,23)(H2,20,21,24)/b19-11+/t12-/m0/s1. The monoisotopic (exact) mass is 357 g/mol. The molecule has 1 atom stereocenters. The highest BCUT2D eigenvalue weighted by Gasteiger charge is 2.17. The number of methoxy groups -OCH3 is 1. The van der Waals surface area contributed by atoms with Crippen molar-refractivity contribution in [3.8, 4) is 11.5 Å². The van der Waals surface area contributed by atoms with Gasteiger partial charge in [0.05, 0.1) is 13.3 Å². The highest BCUT2D eigenvalue weighted by Crippen LogP contribution is 2.31. The lowest BCUT2D eigenvalue weighted by Gasteiger charge is -2.15. The Kier molecular flexibility index (Phi) is 6.55. The van der Waals surface area contributed by atoms with Gasteiger partial charge in [-0.1, -0.05) is 24.3 Å². The van der Waals surface area contributed by atoms with Crippen molar-refractivity contribution in [3.05, 3.63) is 54.1 Å². The molecule has 0 spiro atoms. The third-order valence-corrected chi connectivity index (χ3v) is 3.27. The molecule has 2 aromatic rings. The zero-order chi connectivity index (χ0) is 18.9. The number of hydrogen-bond acceptors (Lipinski definition) is 5. The molecule has 2 rings (SSSR count). The molecule has 0 aliphatic heterocycles. The van der Waals surface area contributed by atoms with E-state index in [0.29, 0.717) is 17.0 Å². The van der Waals surface area contributed by atoms with Crippen molar-refractivity contribution in [2.24, 2.45) is 5.10 Å². The molecular weight excluding hydrogens is 338 g/mol. The Balaban J connectivity index is 2.09. The maximum absolute atomic E-state index is 11.8. The Bertz CT molecular complexity index is 793. The number of carboxylic acids is 1. The second-order valence-electron chi connectivity index (χ2n) is 5.17. The summed E-state index contributed by atoms with van der Waals surface area (Å²) in [6.45, 7) is 1.40. The summed E-state index contributed by atoms with van der Waals surface area (Å²) < 4.78 is 10.6. The van der Waals surface area contributed by atoms with Gasteiger partial charge in [0.15, 0.2) is 17.6 Å². The summed E-state index contributed by atoms with van der Waals surface area (Å²) in [6, 6.07) is 13.4. The number of ether oxygens (including phenoxy) is 2. The maximum Gasteiger partial charge on any atom is 0.344 e. The lowest BCUT2D eigenvalue weighted by molar-refractivity contribution is -0.144. The van der Waals surface area contributed by atoms with Gasteiger partial charge in [0.2, 0.25) is 0 Å². The number of carbonyl (C=O) groups is 2. The van der Waals surface area contributed by atoms with Crippen LogP contribution >= 0.6 is 0 Å². The third kappa shape index (κ3) is 5.23. The molecule has 0 saturated heterocycles. The summed E-state index contributed by atoms with van der Waals surface area (Å²) in [5.74, 6) is -0.533. The number of hydrazone groups is 1. The van der Waals surface area contributed by atoms with E-state index in [1.807, 2.05) is 6.07 Å². The minimum absolute atomic E-state index is 0.221. The summed E-state index contributed by atoms with van der Waals surface area (Å²) in [5, 5.41) is 15.5. The highest BCUT2D eigenvalue weighted by atomic mass is 16.5. The number of benzene rings is 2. The van der Waals surface area contributed by atoms with Crippen LogP contribution < -0.4 is 20.2 Å². The van der Waals surface area contributed by atoms with E-state index in [0.717, 1.165) is 0 Å². The molecule has 0 saturated carbocycles. The molecule has 2 aromatic carbocycles. The van der Waals surface area contributed by atoms with Crippen LogP contribution in [0.1, 0.15) is 12.5 Å². The summed E-state index contributed by atoms with van der Waals surface area (Å²) in [6.07, 6.45) is 0.268. The number of urea groups is 1. The fourth-order valence-corrected chi connectivity index (χ4v) is 1.99. The lowest BCUT2D eigenvalue weighted by Crippen LogP contribution is -2.25. The van der Waals surface area contributed by atoms with E-state index in [1.54, 1.807) is 42.5 Å². The molecule has 0 bridgehead atoms. The number of rotatable bonds is 7. The maximum atomic E-state index is 11.8. The molecule has 0 unspecified atom stereocenters. The van der Waals surface area contributed by atoms with Gasteiger partial charge >= 0.3 is 12.0 Å². The van der Waals surface area contributed by atoms with Gasteiger partial charge in [-0.05, 0) is 31.2 Å². The van der Waals surface area contributed by atoms with Gasteiger partial charge < -0.3 is 19.9 Å². The van der Waals surface area contributed by atoms with Crippen LogP contribution in [0.25, 0.3) is 0 Å². The number of aliphatic carboxylic acids is 1. The minimum Gasteiger partial charge on any atom is -0.493 e. The van der Waals surface area contributed by atoms with E-state index in [4.69, 9.17) is 14.6 Å². The number of carbonyl (C=O) groups excluding carboxylic acids is 1. The summed E-state index contributed by atoms with van der Waals surface area (Å²) in [4.78, 5) is 22.8. The Morgan fingerprint density at radius 1 is 1.15 bits per heavy atom. The van der Waals surface area contributed by atoms with Gasteiger partial charge in [-0.25, -0.2) is 15.0 Å². The zero-order valence-corrected chi connectivity index (χ0v) is 14.3. The van der Waals surface area contributed by atoms with Gasteiger partial charge in [0.25, 0.3) is 0 Å². The van der Waals surface area contributed by atoms with E-state index >= 15 is 0 Å². The number of amides is 2. The quantitative estimate of drug-likeness (QED) is 0.521. The van der Waals surface area contributed by atoms with Crippen molar-refractivity contribution in [2.75, 3.05) is 12.4 Å². The Morgan fingerprint density at radius 2 is 1.88 bits per heavy atom. The van der Waals surface area contributed by atoms with Crippen molar-refractivity contribution < 1.29 is 24.2 Å². The smallest absolute Gasteiger partial charge is 0.344 e. The number of hydrogen-bond donors (Lipinski definition) is 3. The summed E-state index contributed by atoms with van der Waals surface area (Å²) >= 11 is 0. The molecular formula is C18H19N3O5. The van der Waals surface area contributed by atoms with Crippen LogP contribution in [0, 0.1) is 0 Å². The SMILES string of the molecule is COc1cccc(/C=N/NC(=O)Nc2ccccc2)c1O[C@@H](C)C(=O)O. The topological polar surface area (TPSA) is 109 Å². The molecule has 0 radical (unpaired) electrons. The fourth-order valence-electron chi connectivity index (χ4n) is 1.99. The second-order valence-corrected chi connectivity index (χ2v) is 5.17. The molecule has 3 N–H and O–H groups in total. The molecule has 136 valence electrons. The van der Waals surface area contributed by atoms with Crippen LogP contribution in [-0.2, 0) is 4.79 Å². The normalized spacial score (nSPS) is 11.6. The molecule has 0 aliphatic rings. The van der Waals surface area contributed by atoms with E-state index in [1.165, 1.54) is 20.2 Å². The first-order chi connectivity index (χ1) is 12.5. The van der Waals surface area contributed by atoms with Crippen molar-refractivity contribution in [2.45, 2.75) is 13.0 Å². The molecule has 0 aromatic heterocycles. The van der Waals surface area contributed by atoms with Crippen molar-refractivity contribution in [1.82, 2.24) is 5.43 Å². The van der Waals surface area contributed by atoms with Crippen LogP contribution in [0.3, 0.4) is 0 Å². The van der Waals surface area contributed by atoms with Crippen LogP contribution in [0.5, 0.6) is 11.5 Å². The van der Waals surface area contributed by atoms with Gasteiger partial charge in [0.1, 0.15) is 0 Å². The number of para-hydroxylation sites is 2. The van der Waals surface area contributed by atoms with Crippen LogP contribution in [0.4, 0.5) is 10.5 Å². The summed E-state index contributed by atoms with van der Waals surface area (Å²) in [7, 11) is 1.44. The fraction of sp³-hybridized carbons (Fsp3) is 0.167. The number of carboxylic acid groups (broad SMARTS) is 1. The number of nitrogens with zero attached hydrogens (tertiary/aromatic N) is 1. The predicted molar refractivity (Wildman–Crippen MR) is 96.9 cm³/mol. The van der Waals surface area contributed by atoms with Crippen LogP contribution in [0.15, 0.2) is 53.6 Å². The van der Waals surface area contributed by atoms with Crippen molar-refractivity contribution >= 4 is 23.9 Å². The van der Waals surface area contributed by atoms with Gasteiger partial charge in [-0.15, -0.1) is 0 Å². The number of nitrogens with one attached hydrogen (secondary N) is 2. The first-order valence-electron chi connectivity index (χ1n) is 7.73. The van der Waals surface area contributed by atoms with Crippen molar-refractivity contribution in [3.63, 3.8) is 0 Å². The second kappa shape index (κ2) is 9.07.